The molecule has 0 saturated carbocycles. The third kappa shape index (κ3) is 22.5. The summed E-state index contributed by atoms with van der Waals surface area (Å²) in [4.78, 5) is 0. The van der Waals surface area contributed by atoms with E-state index < -0.39 is 90.0 Å². The summed E-state index contributed by atoms with van der Waals surface area (Å²) in [6, 6.07) is 87.3. The van der Waals surface area contributed by atoms with Crippen molar-refractivity contribution >= 4 is 117 Å². The first-order chi connectivity index (χ1) is 68.5. The lowest BCUT2D eigenvalue weighted by molar-refractivity contribution is -0.0499. The van der Waals surface area contributed by atoms with E-state index in [1.54, 1.807) is 76.4 Å². The minimum Gasteiger partial charge on any atom is -0.507 e. The lowest BCUT2D eigenvalue weighted by Gasteiger charge is -2.27. The summed E-state index contributed by atoms with van der Waals surface area (Å²) in [6.07, 6.45) is 0.720. The van der Waals surface area contributed by atoms with Crippen molar-refractivity contribution in [3.63, 3.8) is 0 Å². The van der Waals surface area contributed by atoms with Crippen LogP contribution in [0.2, 0.25) is 0 Å². The van der Waals surface area contributed by atoms with Crippen LogP contribution in [0.3, 0.4) is 0 Å². The number of rotatable bonds is 16. The van der Waals surface area contributed by atoms with Crippen molar-refractivity contribution in [2.24, 2.45) is 0 Å². The highest BCUT2D eigenvalue weighted by Crippen LogP contribution is 2.71. The molecular formula is C113H123Br2F3O21P6S. The summed E-state index contributed by atoms with van der Waals surface area (Å²) in [5.74, 6) is 5.47. The van der Waals surface area contributed by atoms with Gasteiger partial charge in [0.15, 0.2) is 48.6 Å². The van der Waals surface area contributed by atoms with Gasteiger partial charge < -0.3 is 89.2 Å². The molecule has 6 heterocycles. The van der Waals surface area contributed by atoms with Crippen molar-refractivity contribution in [1.29, 1.82) is 0 Å². The number of phenols is 2. The summed E-state index contributed by atoms with van der Waals surface area (Å²) >= 11 is 6.84. The summed E-state index contributed by atoms with van der Waals surface area (Å²) in [5.41, 5.74) is 4.59. The first-order valence-corrected chi connectivity index (χ1v) is 61.7. The van der Waals surface area contributed by atoms with Gasteiger partial charge in [0.2, 0.25) is 0 Å². The number of aromatic hydroxyl groups is 2. The van der Waals surface area contributed by atoms with Crippen molar-refractivity contribution < 1.29 is 111 Å². The van der Waals surface area contributed by atoms with Crippen molar-refractivity contribution in [2.75, 3.05) is 45.2 Å². The van der Waals surface area contributed by atoms with Gasteiger partial charge in [0.05, 0.1) is 32.0 Å². The van der Waals surface area contributed by atoms with E-state index in [2.05, 4.69) is 36.0 Å². The maximum atomic E-state index is 14.1. The van der Waals surface area contributed by atoms with Crippen LogP contribution in [0, 0.1) is 0 Å². The number of hydrogen-bond acceptors (Lipinski definition) is 21. The largest absolute Gasteiger partial charge is 0.534 e. The molecule has 2 N–H and O–H groups in total. The van der Waals surface area contributed by atoms with Gasteiger partial charge in [-0.25, -0.2) is 0 Å². The van der Waals surface area contributed by atoms with Gasteiger partial charge in [0.1, 0.15) is 143 Å². The van der Waals surface area contributed by atoms with Gasteiger partial charge in [-0.2, -0.15) is 21.6 Å². The van der Waals surface area contributed by atoms with Crippen molar-refractivity contribution in [1.82, 2.24) is 0 Å². The van der Waals surface area contributed by atoms with Crippen LogP contribution < -0.4 is 83.4 Å². The molecule has 772 valence electrons. The van der Waals surface area contributed by atoms with Gasteiger partial charge >= 0.3 is 15.6 Å². The van der Waals surface area contributed by atoms with E-state index in [0.717, 1.165) is 86.7 Å². The summed E-state index contributed by atoms with van der Waals surface area (Å²) in [5, 5.41) is 20.3. The Bertz CT molecular complexity index is 7390. The van der Waals surface area contributed by atoms with Crippen LogP contribution in [0.5, 0.6) is 74.7 Å². The van der Waals surface area contributed by atoms with Gasteiger partial charge in [0, 0.05) is 53.2 Å². The maximum Gasteiger partial charge on any atom is 0.534 e. The number of phenolic OH excluding ortho intramolecular Hbond substituents is 2. The van der Waals surface area contributed by atoms with Crippen LogP contribution in [0.1, 0.15) is 141 Å². The fraction of sp³-hybridized carbons (Fsp3) is 0.310. The maximum absolute atomic E-state index is 14.1. The first kappa shape index (κ1) is 111. The molecule has 6 atom stereocenters. The second-order valence-corrected chi connectivity index (χ2v) is 66.3. The number of halogens is 5. The number of ether oxygens (including phenoxy) is 10. The minimum atomic E-state index is -5.92. The number of benzene rings is 13. The van der Waals surface area contributed by atoms with E-state index in [9.17, 15) is 59.2 Å². The molecular weight excluding hydrogens is 2130 g/mol. The fourth-order valence-corrected chi connectivity index (χ4v) is 33.7. The number of hydrogen-bond donors (Lipinski definition) is 2. The number of alkyl halides is 3. The van der Waals surface area contributed by atoms with Crippen LogP contribution in [0.25, 0.3) is 44.5 Å². The van der Waals surface area contributed by atoms with Crippen molar-refractivity contribution in [3.05, 3.63) is 305 Å². The Morgan fingerprint density at radius 2 is 0.507 bits per heavy atom. The van der Waals surface area contributed by atoms with Gasteiger partial charge in [-0.05, 0) is 156 Å². The van der Waals surface area contributed by atoms with Crippen LogP contribution in [-0.2, 0) is 57.3 Å². The molecule has 0 unspecified atom stereocenters. The molecule has 13 aromatic rings. The predicted molar refractivity (Wildman–Crippen MR) is 589 cm³/mol. The second-order valence-electron chi connectivity index (χ2n) is 41.9. The Labute approximate surface area is 871 Å². The Hall–Kier alpha value is -10.7. The van der Waals surface area contributed by atoms with E-state index in [-0.39, 0.29) is 65.8 Å². The molecule has 0 fully saturated rings. The van der Waals surface area contributed by atoms with E-state index >= 15 is 0 Å². The first-order valence-electron chi connectivity index (χ1n) is 47.3. The highest BCUT2D eigenvalue weighted by atomic mass is 79.9. The topological polar surface area (TPSA) is 279 Å². The average Bonchev–Trinajstić information content (AvgIpc) is 1.59. The van der Waals surface area contributed by atoms with Gasteiger partial charge in [0.25, 0.3) is 0 Å². The zero-order valence-corrected chi connectivity index (χ0v) is 94.4. The molecule has 19 rings (SSSR count). The summed E-state index contributed by atoms with van der Waals surface area (Å²) in [7, 11) is -21.6. The number of methoxy groups -OCH3 is 1. The van der Waals surface area contributed by atoms with Crippen LogP contribution >= 0.6 is 74.7 Å². The molecule has 0 aliphatic carbocycles. The quantitative estimate of drug-likeness (QED) is 0.0516. The predicted octanol–water partition coefficient (Wildman–Crippen LogP) is 29.5. The standard InChI is InChI=1S/C25H27O4P.C24H25O3P.C18H20BrO3P.C18H18F3O5PS.C17H19O3P.C11H14BrO3P/c1-25(2,3)30(26)17-29-23-21(19-10-12-20(27-4)13-11-19)14-15-22(24(23)30)28-16-18-8-6-5-7-9-18;1-24(2,3)28(25)17-27-22-20(19-12-8-5-9-13-19)14-15-21(23(22)28)26-16-18-10-6-4-7-11-18;1-18(2,3)23(20)12-22-16-14(19)9-10-15(17(16)23)21-11-13-7-5-4-6-8-13;1-17(2,3)27(22)11-25-15-13(12-7-5-4-6-8-12)9-10-14(16(15)27)26-28(23,24)18(19,20)21;1-17(2,3)21(19)11-20-15-13(9-10-14(18)16(15)21)12-7-5-4-6-8-12;1-11(2,3)16(14)6-15-9-7(12)4-5-8(13)10(9)16/h5-15H,16-17H2,1-4H3;4-15H,16-17H2,1-3H3;4-10H,11-12H2,1-3H3;4-10H,11H2,1-3H3;4-10,18H,11H2,1-3H3;4-5,13H,6H2,1-3H3/t30-;28-;23-;27-;21-;16-/m111111/s1. The van der Waals surface area contributed by atoms with E-state index in [4.69, 9.17) is 47.4 Å². The van der Waals surface area contributed by atoms with E-state index in [1.165, 1.54) is 6.07 Å². The normalized spacial score (nSPS) is 19.8. The highest BCUT2D eigenvalue weighted by Gasteiger charge is 2.56. The molecule has 6 aliphatic heterocycles. The third-order valence-corrected chi connectivity index (χ3v) is 51.4. The molecule has 146 heavy (non-hydrogen) atoms. The molecule has 33 heteroatoms. The average molecular weight is 2250 g/mol. The van der Waals surface area contributed by atoms with Crippen molar-refractivity contribution in [2.45, 2.75) is 181 Å². The lowest BCUT2D eigenvalue weighted by atomic mass is 10.0. The van der Waals surface area contributed by atoms with Gasteiger partial charge in [-0.1, -0.05) is 319 Å². The molecule has 6 aliphatic rings. The minimum absolute atomic E-state index is 0.0639. The van der Waals surface area contributed by atoms with Gasteiger partial charge in [-0.15, -0.1) is 0 Å². The van der Waals surface area contributed by atoms with E-state index in [1.807, 2.05) is 322 Å². The molecule has 21 nitrogen and oxygen atoms in total. The Balaban J connectivity index is 0.000000140. The van der Waals surface area contributed by atoms with Crippen molar-refractivity contribution in [3.8, 4) is 119 Å². The Morgan fingerprint density at radius 1 is 0.288 bits per heavy atom. The molecule has 0 radical (unpaired) electrons. The van der Waals surface area contributed by atoms with Crippen LogP contribution in [-0.4, -0.2) is 100 Å². The molecule has 0 amide bonds. The SMILES string of the molecule is CC(C)(C)[P@@]1(=O)COc2c(-c3ccccc3)ccc(O)c21.CC(C)(C)[P@@]1(=O)COc2c(-c3ccccc3)ccc(OCc3ccccc3)c21.CC(C)(C)[P@@]1(=O)COc2c(-c3ccccc3)ccc(OS(=O)(=O)C(F)(F)F)c21.CC(C)(C)[P@@]1(=O)COc2c(Br)ccc(O)c21.CC(C)(C)[P@@]1(=O)COc2c(Br)ccc(OCc3ccccc3)c21.COc1ccc(-c2ccc(OCc3ccccc3)c3c2OC[P@]3(=O)C(C)(C)C)cc1. The third-order valence-electron chi connectivity index (χ3n) is 26.4. The molecule has 0 spiro atoms. The lowest BCUT2D eigenvalue weighted by Crippen LogP contribution is -2.30. The second kappa shape index (κ2) is 43.1. The highest BCUT2D eigenvalue weighted by molar-refractivity contribution is 9.11. The van der Waals surface area contributed by atoms with Crippen LogP contribution in [0.4, 0.5) is 13.2 Å². The monoisotopic (exact) mass is 2250 g/mol. The zero-order chi connectivity index (χ0) is 106. The zero-order valence-electron chi connectivity index (χ0n) is 85.1. The molecule has 0 aromatic heterocycles. The summed E-state index contributed by atoms with van der Waals surface area (Å²) < 4.78 is 208. The smallest absolute Gasteiger partial charge is 0.507 e. The molecule has 13 aromatic carbocycles. The van der Waals surface area contributed by atoms with Gasteiger partial charge in [-0.3, -0.25) is 0 Å². The summed E-state index contributed by atoms with van der Waals surface area (Å²) in [6.45, 7) is 35.8. The van der Waals surface area contributed by atoms with E-state index in [0.29, 0.717) is 87.6 Å². The fourth-order valence-electron chi connectivity index (χ4n) is 17.0. The Morgan fingerprint density at radius 3 is 0.801 bits per heavy atom. The molecule has 0 bridgehead atoms. The van der Waals surface area contributed by atoms with Crippen LogP contribution in [0.15, 0.2) is 288 Å². The number of fused-ring (bicyclic) bond motifs is 6. The molecule has 0 saturated heterocycles. The Kier molecular flexibility index (Phi) is 32.8.